The van der Waals surface area contributed by atoms with Gasteiger partial charge in [0.15, 0.2) is 0 Å². The van der Waals surface area contributed by atoms with Gasteiger partial charge in [-0.25, -0.2) is 4.79 Å². The molecule has 1 heterocycles. The van der Waals surface area contributed by atoms with Crippen LogP contribution in [0.4, 0.5) is 4.79 Å². The number of hydrogen-bond donors (Lipinski definition) is 2. The molecule has 0 radical (unpaired) electrons. The van der Waals surface area contributed by atoms with Crippen LogP contribution in [0.3, 0.4) is 0 Å². The van der Waals surface area contributed by atoms with Crippen molar-refractivity contribution in [2.75, 3.05) is 32.7 Å². The Kier molecular flexibility index (Phi) is 6.85. The number of aryl methyl sites for hydroxylation is 1. The Bertz CT molecular complexity index is 564. The summed E-state index contributed by atoms with van der Waals surface area (Å²) in [6.45, 7) is 12.9. The molecule has 0 aromatic heterocycles. The van der Waals surface area contributed by atoms with Gasteiger partial charge in [-0.1, -0.05) is 43.7 Å². The van der Waals surface area contributed by atoms with Crippen LogP contribution < -0.4 is 5.32 Å². The Morgan fingerprint density at radius 3 is 2.56 bits per heavy atom. The zero-order valence-electron chi connectivity index (χ0n) is 16.1. The lowest BCUT2D eigenvalue weighted by atomic mass is 9.87. The van der Waals surface area contributed by atoms with Crippen LogP contribution in [0.2, 0.25) is 0 Å². The van der Waals surface area contributed by atoms with E-state index in [-0.39, 0.29) is 17.6 Å². The number of aliphatic hydroxyl groups excluding tert-OH is 1. The summed E-state index contributed by atoms with van der Waals surface area (Å²) >= 11 is 0. The number of hydrogen-bond acceptors (Lipinski definition) is 3. The third-order valence-corrected chi connectivity index (χ3v) is 4.71. The van der Waals surface area contributed by atoms with Gasteiger partial charge in [-0.3, -0.25) is 4.90 Å². The van der Waals surface area contributed by atoms with Gasteiger partial charge in [-0.2, -0.15) is 0 Å². The van der Waals surface area contributed by atoms with Gasteiger partial charge in [0, 0.05) is 39.3 Å². The van der Waals surface area contributed by atoms with Gasteiger partial charge in [0.2, 0.25) is 0 Å². The fourth-order valence-corrected chi connectivity index (χ4v) is 3.48. The summed E-state index contributed by atoms with van der Waals surface area (Å²) in [5.74, 6) is 0. The number of amides is 2. The summed E-state index contributed by atoms with van der Waals surface area (Å²) in [5, 5.41) is 12.6. The molecule has 1 atom stereocenters. The van der Waals surface area contributed by atoms with Crippen LogP contribution in [-0.2, 0) is 6.54 Å². The van der Waals surface area contributed by atoms with Crippen molar-refractivity contribution in [3.63, 3.8) is 0 Å². The largest absolute Gasteiger partial charge is 0.393 e. The Morgan fingerprint density at radius 1 is 1.28 bits per heavy atom. The number of piperazine rings is 1. The fourth-order valence-electron chi connectivity index (χ4n) is 3.48. The normalized spacial score (nSPS) is 17.4. The van der Waals surface area contributed by atoms with Gasteiger partial charge in [0.25, 0.3) is 0 Å². The minimum Gasteiger partial charge on any atom is -0.393 e. The van der Waals surface area contributed by atoms with Crippen molar-refractivity contribution in [1.29, 1.82) is 0 Å². The lowest BCUT2D eigenvalue weighted by molar-refractivity contribution is 0.118. The summed E-state index contributed by atoms with van der Waals surface area (Å²) in [6.07, 6.45) is 0.328. The maximum atomic E-state index is 12.4. The third-order valence-electron chi connectivity index (χ3n) is 4.71. The molecule has 1 fully saturated rings. The van der Waals surface area contributed by atoms with Gasteiger partial charge >= 0.3 is 6.03 Å². The molecule has 1 unspecified atom stereocenters. The van der Waals surface area contributed by atoms with Crippen molar-refractivity contribution < 1.29 is 9.90 Å². The van der Waals surface area contributed by atoms with Crippen LogP contribution in [0.25, 0.3) is 0 Å². The van der Waals surface area contributed by atoms with Crippen LogP contribution in [0.1, 0.15) is 38.3 Å². The molecule has 1 aliphatic rings. The molecular formula is C20H33N3O2. The summed E-state index contributed by atoms with van der Waals surface area (Å²) < 4.78 is 0. The monoisotopic (exact) mass is 347 g/mol. The summed E-state index contributed by atoms with van der Waals surface area (Å²) in [6, 6.07) is 8.61. The number of carbonyl (C=O) groups is 1. The van der Waals surface area contributed by atoms with Crippen molar-refractivity contribution in [3.05, 3.63) is 35.4 Å². The highest BCUT2D eigenvalue weighted by atomic mass is 16.3. The van der Waals surface area contributed by atoms with Gasteiger partial charge in [-0.15, -0.1) is 0 Å². The lowest BCUT2D eigenvalue weighted by Crippen LogP contribution is -2.52. The highest BCUT2D eigenvalue weighted by Crippen LogP contribution is 2.21. The standard InChI is InChI=1S/C20H33N3O2/c1-16-6-5-7-18(12-16)14-22-8-10-23(11-9-22)19(25)21-15-20(3,4)13-17(2)24/h5-7,12,17,24H,8-11,13-15H2,1-4H3,(H,21,25). The smallest absolute Gasteiger partial charge is 0.317 e. The zero-order valence-corrected chi connectivity index (χ0v) is 16.1. The Balaban J connectivity index is 1.74. The third kappa shape index (κ3) is 6.67. The highest BCUT2D eigenvalue weighted by molar-refractivity contribution is 5.74. The average Bonchev–Trinajstić information content (AvgIpc) is 2.52. The van der Waals surface area contributed by atoms with Gasteiger partial charge in [-0.05, 0) is 31.2 Å². The molecule has 25 heavy (non-hydrogen) atoms. The van der Waals surface area contributed by atoms with Crippen molar-refractivity contribution in [2.45, 2.75) is 46.8 Å². The van der Waals surface area contributed by atoms with E-state index in [1.807, 2.05) is 4.90 Å². The number of rotatable bonds is 6. The van der Waals surface area contributed by atoms with E-state index >= 15 is 0 Å². The first-order valence-corrected chi connectivity index (χ1v) is 9.24. The number of carbonyl (C=O) groups excluding carboxylic acids is 1. The molecule has 2 N–H and O–H groups in total. The van der Waals surface area contributed by atoms with E-state index in [1.165, 1.54) is 11.1 Å². The Labute approximate surface area is 152 Å². The fraction of sp³-hybridized carbons (Fsp3) is 0.650. The van der Waals surface area contributed by atoms with Gasteiger partial charge in [0.1, 0.15) is 0 Å². The predicted octanol–water partition coefficient (Wildman–Crippen LogP) is 2.62. The van der Waals surface area contributed by atoms with E-state index in [2.05, 4.69) is 55.3 Å². The highest BCUT2D eigenvalue weighted by Gasteiger charge is 2.25. The second-order valence-corrected chi connectivity index (χ2v) is 8.13. The topological polar surface area (TPSA) is 55.8 Å². The minimum absolute atomic E-state index is 0.00822. The van der Waals surface area contributed by atoms with Gasteiger partial charge < -0.3 is 15.3 Å². The molecule has 1 aliphatic heterocycles. The van der Waals surface area contributed by atoms with E-state index in [0.717, 1.165) is 32.7 Å². The first-order valence-electron chi connectivity index (χ1n) is 9.24. The van der Waals surface area contributed by atoms with Crippen LogP contribution in [0.5, 0.6) is 0 Å². The van der Waals surface area contributed by atoms with Crippen LogP contribution >= 0.6 is 0 Å². The van der Waals surface area contributed by atoms with Crippen LogP contribution in [0.15, 0.2) is 24.3 Å². The number of nitrogens with one attached hydrogen (secondary N) is 1. The van der Waals surface area contributed by atoms with E-state index in [4.69, 9.17) is 0 Å². The molecule has 0 saturated carbocycles. The molecule has 2 rings (SSSR count). The number of nitrogens with zero attached hydrogens (tertiary/aromatic N) is 2. The van der Waals surface area contributed by atoms with E-state index in [9.17, 15) is 9.90 Å². The number of benzene rings is 1. The lowest BCUT2D eigenvalue weighted by Gasteiger charge is -2.35. The quantitative estimate of drug-likeness (QED) is 0.832. The zero-order chi connectivity index (χ0) is 18.4. The molecule has 1 aromatic carbocycles. The molecule has 0 spiro atoms. The molecule has 5 heteroatoms. The summed E-state index contributed by atoms with van der Waals surface area (Å²) in [5.41, 5.74) is 2.52. The van der Waals surface area contributed by atoms with Crippen molar-refractivity contribution in [3.8, 4) is 0 Å². The number of aliphatic hydroxyl groups is 1. The van der Waals surface area contributed by atoms with Crippen LogP contribution in [0, 0.1) is 12.3 Å². The summed E-state index contributed by atoms with van der Waals surface area (Å²) in [7, 11) is 0. The SMILES string of the molecule is Cc1cccc(CN2CCN(C(=O)NCC(C)(C)CC(C)O)CC2)c1. The first-order chi connectivity index (χ1) is 11.7. The molecule has 5 nitrogen and oxygen atoms in total. The Hall–Kier alpha value is -1.59. The molecular weight excluding hydrogens is 314 g/mol. The molecule has 1 aromatic rings. The summed E-state index contributed by atoms with van der Waals surface area (Å²) in [4.78, 5) is 16.7. The van der Waals surface area contributed by atoms with Crippen LogP contribution in [-0.4, -0.2) is 59.8 Å². The van der Waals surface area contributed by atoms with Gasteiger partial charge in [0.05, 0.1) is 6.10 Å². The minimum atomic E-state index is -0.350. The maximum absolute atomic E-state index is 12.4. The maximum Gasteiger partial charge on any atom is 0.317 e. The predicted molar refractivity (Wildman–Crippen MR) is 102 cm³/mol. The Morgan fingerprint density at radius 2 is 1.96 bits per heavy atom. The second kappa shape index (κ2) is 8.68. The van der Waals surface area contributed by atoms with Crippen molar-refractivity contribution in [2.24, 2.45) is 5.41 Å². The molecule has 1 saturated heterocycles. The number of urea groups is 1. The molecule has 0 aliphatic carbocycles. The van der Waals surface area contributed by atoms with E-state index in [1.54, 1.807) is 6.92 Å². The molecule has 0 bridgehead atoms. The molecule has 2 amide bonds. The average molecular weight is 348 g/mol. The second-order valence-electron chi connectivity index (χ2n) is 8.13. The van der Waals surface area contributed by atoms with Crippen molar-refractivity contribution in [1.82, 2.24) is 15.1 Å². The molecule has 140 valence electrons. The first kappa shape index (κ1) is 19.7. The van der Waals surface area contributed by atoms with E-state index < -0.39 is 0 Å². The van der Waals surface area contributed by atoms with E-state index in [0.29, 0.717) is 13.0 Å². The van der Waals surface area contributed by atoms with Crippen molar-refractivity contribution >= 4 is 6.03 Å².